The van der Waals surface area contributed by atoms with E-state index < -0.39 is 4.92 Å². The van der Waals surface area contributed by atoms with Crippen LogP contribution in [0.2, 0.25) is 0 Å². The van der Waals surface area contributed by atoms with Crippen molar-refractivity contribution < 1.29 is 9.72 Å². The van der Waals surface area contributed by atoms with E-state index in [2.05, 4.69) is 35.2 Å². The van der Waals surface area contributed by atoms with Crippen molar-refractivity contribution in [1.82, 2.24) is 9.91 Å². The molecule has 0 N–H and O–H groups in total. The summed E-state index contributed by atoms with van der Waals surface area (Å²) in [4.78, 5) is 26.8. The lowest BCUT2D eigenvalue weighted by Gasteiger charge is -2.32. The summed E-state index contributed by atoms with van der Waals surface area (Å²) in [7, 11) is 0. The van der Waals surface area contributed by atoms with Crippen LogP contribution in [-0.2, 0) is 11.2 Å². The lowest BCUT2D eigenvalue weighted by Crippen LogP contribution is -2.37. The first-order chi connectivity index (χ1) is 18.1. The van der Waals surface area contributed by atoms with Crippen molar-refractivity contribution in [1.29, 1.82) is 0 Å². The molecule has 7 nitrogen and oxygen atoms in total. The Labute approximate surface area is 217 Å². The fourth-order valence-corrected chi connectivity index (χ4v) is 5.38. The zero-order valence-electron chi connectivity index (χ0n) is 20.9. The van der Waals surface area contributed by atoms with Crippen molar-refractivity contribution in [2.75, 3.05) is 19.6 Å². The van der Waals surface area contributed by atoms with Gasteiger partial charge in [0.05, 0.1) is 16.7 Å². The van der Waals surface area contributed by atoms with Gasteiger partial charge >= 0.3 is 0 Å². The number of carbonyl (C=O) groups excluding carboxylic acids is 1. The zero-order chi connectivity index (χ0) is 25.6. The lowest BCUT2D eigenvalue weighted by atomic mass is 9.90. The van der Waals surface area contributed by atoms with Crippen LogP contribution in [-0.4, -0.2) is 46.1 Å². The fourth-order valence-electron chi connectivity index (χ4n) is 5.38. The number of hydrogen-bond acceptors (Lipinski definition) is 5. The van der Waals surface area contributed by atoms with Crippen LogP contribution in [0.5, 0.6) is 0 Å². The van der Waals surface area contributed by atoms with E-state index in [0.717, 1.165) is 49.2 Å². The van der Waals surface area contributed by atoms with Crippen LogP contribution >= 0.6 is 0 Å². The van der Waals surface area contributed by atoms with Crippen molar-refractivity contribution in [2.45, 2.75) is 38.1 Å². The van der Waals surface area contributed by atoms with Crippen LogP contribution in [0.3, 0.4) is 0 Å². The lowest BCUT2D eigenvalue weighted by molar-refractivity contribution is -0.384. The normalized spacial score (nSPS) is 18.5. The Hall–Kier alpha value is -3.84. The number of amides is 1. The summed E-state index contributed by atoms with van der Waals surface area (Å²) in [5, 5.41) is 17.6. The van der Waals surface area contributed by atoms with E-state index in [-0.39, 0.29) is 17.6 Å². The zero-order valence-corrected chi connectivity index (χ0v) is 20.9. The summed E-state index contributed by atoms with van der Waals surface area (Å²) in [5.41, 5.74) is 3.95. The average molecular weight is 497 g/mol. The van der Waals surface area contributed by atoms with Gasteiger partial charge in [-0.25, -0.2) is 5.01 Å². The molecule has 0 unspecified atom stereocenters. The van der Waals surface area contributed by atoms with Crippen molar-refractivity contribution in [3.8, 4) is 0 Å². The number of nitrogens with zero attached hydrogens (tertiary/aromatic N) is 4. The number of rotatable bonds is 8. The van der Waals surface area contributed by atoms with Gasteiger partial charge in [0.25, 0.3) is 5.69 Å². The highest BCUT2D eigenvalue weighted by Crippen LogP contribution is 2.34. The quantitative estimate of drug-likeness (QED) is 0.300. The third-order valence-corrected chi connectivity index (χ3v) is 7.45. The van der Waals surface area contributed by atoms with Gasteiger partial charge in [0.1, 0.15) is 0 Å². The second-order valence-electron chi connectivity index (χ2n) is 9.95. The van der Waals surface area contributed by atoms with Gasteiger partial charge < -0.3 is 4.90 Å². The number of benzene rings is 3. The minimum absolute atomic E-state index is 0.0245. The van der Waals surface area contributed by atoms with E-state index >= 15 is 0 Å². The van der Waals surface area contributed by atoms with Gasteiger partial charge in [-0.2, -0.15) is 5.10 Å². The molecule has 0 bridgehead atoms. The van der Waals surface area contributed by atoms with E-state index in [4.69, 9.17) is 5.10 Å². The standard InChI is InChI=1S/C30H32N4O3/c35-30(16-19-32-17-14-24(15-18-32)20-23-8-3-1-4-9-23)33-29(26-12-7-13-27(21-26)34(36)37)22-28(31-33)25-10-5-2-6-11-25/h1-13,21,24,29H,14-20,22H2/t29-/m0/s1. The number of piperidine rings is 1. The van der Waals surface area contributed by atoms with Gasteiger partial charge in [-0.05, 0) is 55.0 Å². The monoisotopic (exact) mass is 496 g/mol. The van der Waals surface area contributed by atoms with Gasteiger partial charge in [-0.3, -0.25) is 14.9 Å². The first kappa shape index (κ1) is 24.8. The molecule has 3 aromatic rings. The molecule has 0 aromatic heterocycles. The molecule has 5 rings (SSSR count). The van der Waals surface area contributed by atoms with E-state index in [1.165, 1.54) is 11.6 Å². The Kier molecular flexibility index (Phi) is 7.70. The van der Waals surface area contributed by atoms with Crippen LogP contribution in [0.25, 0.3) is 0 Å². The molecule has 2 heterocycles. The summed E-state index contributed by atoms with van der Waals surface area (Å²) in [6.45, 7) is 2.69. The molecule has 0 saturated carbocycles. The molecule has 0 aliphatic carbocycles. The Morgan fingerprint density at radius 3 is 2.35 bits per heavy atom. The molecule has 0 radical (unpaired) electrons. The molecule has 1 saturated heterocycles. The topological polar surface area (TPSA) is 79.0 Å². The van der Waals surface area contributed by atoms with Gasteiger partial charge in [-0.15, -0.1) is 0 Å². The predicted molar refractivity (Wildman–Crippen MR) is 144 cm³/mol. The van der Waals surface area contributed by atoms with Crippen LogP contribution < -0.4 is 0 Å². The van der Waals surface area contributed by atoms with Crippen molar-refractivity contribution in [3.05, 3.63) is 112 Å². The first-order valence-electron chi connectivity index (χ1n) is 13.0. The molecule has 2 aliphatic heterocycles. The molecule has 2 aliphatic rings. The van der Waals surface area contributed by atoms with E-state index in [9.17, 15) is 14.9 Å². The van der Waals surface area contributed by atoms with Crippen LogP contribution in [0.15, 0.2) is 90.0 Å². The summed E-state index contributed by atoms with van der Waals surface area (Å²) in [6.07, 6.45) is 4.30. The SMILES string of the molecule is O=C(CCN1CCC(Cc2ccccc2)CC1)N1N=C(c2ccccc2)C[C@H]1c1cccc([N+](=O)[O-])c1. The average Bonchev–Trinajstić information content (AvgIpc) is 3.39. The summed E-state index contributed by atoms with van der Waals surface area (Å²) in [6, 6.07) is 26.7. The molecular formula is C30H32N4O3. The maximum atomic E-state index is 13.4. The molecule has 7 heteroatoms. The summed E-state index contributed by atoms with van der Waals surface area (Å²) >= 11 is 0. The van der Waals surface area contributed by atoms with Crippen molar-refractivity contribution >= 4 is 17.3 Å². The molecule has 37 heavy (non-hydrogen) atoms. The van der Waals surface area contributed by atoms with E-state index in [1.54, 1.807) is 17.1 Å². The maximum Gasteiger partial charge on any atom is 0.269 e. The minimum atomic E-state index is -0.398. The van der Waals surface area contributed by atoms with Gasteiger partial charge in [0.15, 0.2) is 0 Å². The highest BCUT2D eigenvalue weighted by molar-refractivity contribution is 6.03. The largest absolute Gasteiger partial charge is 0.303 e. The minimum Gasteiger partial charge on any atom is -0.303 e. The number of nitro benzene ring substituents is 1. The van der Waals surface area contributed by atoms with E-state index in [0.29, 0.717) is 25.3 Å². The van der Waals surface area contributed by atoms with Crippen LogP contribution in [0.1, 0.15) is 48.4 Å². The van der Waals surface area contributed by atoms with Crippen LogP contribution in [0.4, 0.5) is 5.69 Å². The Bertz CT molecular complexity index is 1250. The Morgan fingerprint density at radius 1 is 0.946 bits per heavy atom. The molecule has 1 fully saturated rings. The highest BCUT2D eigenvalue weighted by atomic mass is 16.6. The molecule has 190 valence electrons. The second-order valence-corrected chi connectivity index (χ2v) is 9.95. The smallest absolute Gasteiger partial charge is 0.269 e. The van der Waals surface area contributed by atoms with Crippen LogP contribution in [0, 0.1) is 16.0 Å². The summed E-state index contributed by atoms with van der Waals surface area (Å²) in [5.74, 6) is 0.637. The number of carbonyl (C=O) groups is 1. The molecule has 0 spiro atoms. The van der Waals surface area contributed by atoms with Gasteiger partial charge in [0.2, 0.25) is 5.91 Å². The molecule has 3 aromatic carbocycles. The molecular weight excluding hydrogens is 464 g/mol. The molecule has 1 atom stereocenters. The van der Waals surface area contributed by atoms with Crippen molar-refractivity contribution in [2.24, 2.45) is 11.0 Å². The maximum absolute atomic E-state index is 13.4. The van der Waals surface area contributed by atoms with Gasteiger partial charge in [-0.1, -0.05) is 72.8 Å². The second kappa shape index (κ2) is 11.5. The number of non-ortho nitro benzene ring substituents is 1. The highest BCUT2D eigenvalue weighted by Gasteiger charge is 2.34. The summed E-state index contributed by atoms with van der Waals surface area (Å²) < 4.78 is 0. The third-order valence-electron chi connectivity index (χ3n) is 7.45. The number of nitro groups is 1. The third kappa shape index (κ3) is 6.12. The first-order valence-corrected chi connectivity index (χ1v) is 13.0. The molecule has 1 amide bonds. The number of hydrazone groups is 1. The van der Waals surface area contributed by atoms with Gasteiger partial charge in [0, 0.05) is 31.5 Å². The number of likely N-dealkylation sites (tertiary alicyclic amines) is 1. The Balaban J connectivity index is 1.23. The Morgan fingerprint density at radius 2 is 1.65 bits per heavy atom. The van der Waals surface area contributed by atoms with E-state index in [1.807, 2.05) is 36.4 Å². The predicted octanol–water partition coefficient (Wildman–Crippen LogP) is 5.62. The number of hydrogen-bond donors (Lipinski definition) is 0. The van der Waals surface area contributed by atoms with Crippen molar-refractivity contribution in [3.63, 3.8) is 0 Å². The fraction of sp³-hybridized carbons (Fsp3) is 0.333.